The van der Waals surface area contributed by atoms with Gasteiger partial charge < -0.3 is 24.8 Å². The first-order chi connectivity index (χ1) is 16.8. The molecule has 3 heterocycles. The Kier molecular flexibility index (Phi) is 7.20. The van der Waals surface area contributed by atoms with Gasteiger partial charge >= 0.3 is 6.03 Å². The van der Waals surface area contributed by atoms with E-state index in [2.05, 4.69) is 27.2 Å². The third-order valence-corrected chi connectivity index (χ3v) is 6.63. The number of fused-ring (bicyclic) bond motifs is 1. The van der Waals surface area contributed by atoms with Gasteiger partial charge in [0.05, 0.1) is 39.1 Å². The van der Waals surface area contributed by atoms with Crippen molar-refractivity contribution >= 4 is 52.6 Å². The summed E-state index contributed by atoms with van der Waals surface area (Å²) in [4.78, 5) is 36.7. The Morgan fingerprint density at radius 1 is 1.34 bits per heavy atom. The molecule has 1 aromatic heterocycles. The number of aliphatic hydroxyl groups excluding tert-OH is 1. The lowest BCUT2D eigenvalue weighted by Crippen LogP contribution is -2.40. The van der Waals surface area contributed by atoms with Gasteiger partial charge in [0.15, 0.2) is 0 Å². The van der Waals surface area contributed by atoms with Gasteiger partial charge in [-0.1, -0.05) is 29.8 Å². The number of hydrogen-bond acceptors (Lipinski definition) is 8. The van der Waals surface area contributed by atoms with Crippen LogP contribution in [-0.2, 0) is 11.3 Å². The molecule has 2 atom stereocenters. The molecule has 0 unspecified atom stereocenters. The predicted octanol–water partition coefficient (Wildman–Crippen LogP) is 2.91. The number of halogens is 2. The molecule has 0 saturated carbocycles. The normalized spacial score (nSPS) is 19.2. The fourth-order valence-corrected chi connectivity index (χ4v) is 4.87. The molecular formula is C22H24Cl2N6O5. The minimum absolute atomic E-state index is 0.106. The first kappa shape index (κ1) is 24.8. The first-order valence-electron chi connectivity index (χ1n) is 10.7. The number of amides is 3. The van der Waals surface area contributed by atoms with Crippen LogP contribution in [0.3, 0.4) is 0 Å². The Balaban J connectivity index is 1.56. The summed E-state index contributed by atoms with van der Waals surface area (Å²) >= 11 is 13.0. The lowest BCUT2D eigenvalue weighted by Gasteiger charge is -2.30. The van der Waals surface area contributed by atoms with Crippen LogP contribution in [0.4, 0.5) is 22.2 Å². The molecule has 0 spiro atoms. The van der Waals surface area contributed by atoms with Crippen LogP contribution in [0.5, 0.6) is 11.5 Å². The fraction of sp³-hybridized carbons (Fsp3) is 0.364. The third-order valence-electron chi connectivity index (χ3n) is 5.90. The van der Waals surface area contributed by atoms with E-state index in [-0.39, 0.29) is 52.8 Å². The summed E-state index contributed by atoms with van der Waals surface area (Å²) in [5.41, 5.74) is 0.870. The summed E-state index contributed by atoms with van der Waals surface area (Å²) in [5.74, 6) is 0.976. The molecule has 3 amide bonds. The number of rotatable bonds is 7. The zero-order chi connectivity index (χ0) is 25.3. The van der Waals surface area contributed by atoms with E-state index >= 15 is 0 Å². The SMILES string of the molecule is C=CC(=O)N1C[C@@H](Nc2ncc3c(n2)NC(=O)N(c2c(Cl)c(OC)cc(OC)c2Cl)C3)C[C@H]1CO. The van der Waals surface area contributed by atoms with E-state index in [0.29, 0.717) is 35.8 Å². The lowest BCUT2D eigenvalue weighted by molar-refractivity contribution is -0.127. The second-order valence-corrected chi connectivity index (χ2v) is 8.71. The highest BCUT2D eigenvalue weighted by atomic mass is 35.5. The molecule has 4 rings (SSSR count). The van der Waals surface area contributed by atoms with Gasteiger partial charge in [-0.3, -0.25) is 15.0 Å². The monoisotopic (exact) mass is 522 g/mol. The molecule has 35 heavy (non-hydrogen) atoms. The number of anilines is 3. The lowest BCUT2D eigenvalue weighted by atomic mass is 10.2. The van der Waals surface area contributed by atoms with Crippen LogP contribution in [0.2, 0.25) is 10.0 Å². The first-order valence-corrected chi connectivity index (χ1v) is 11.4. The summed E-state index contributed by atoms with van der Waals surface area (Å²) in [6.45, 7) is 3.82. The molecule has 0 aliphatic carbocycles. The summed E-state index contributed by atoms with van der Waals surface area (Å²) in [6.07, 6.45) is 3.32. The molecule has 1 fully saturated rings. The predicted molar refractivity (Wildman–Crippen MR) is 132 cm³/mol. The van der Waals surface area contributed by atoms with E-state index in [1.54, 1.807) is 17.2 Å². The Morgan fingerprint density at radius 3 is 2.63 bits per heavy atom. The number of hydrogen-bond donors (Lipinski definition) is 3. The van der Waals surface area contributed by atoms with Crippen LogP contribution in [0.15, 0.2) is 24.9 Å². The average molecular weight is 523 g/mol. The van der Waals surface area contributed by atoms with Crippen molar-refractivity contribution in [3.05, 3.63) is 40.5 Å². The van der Waals surface area contributed by atoms with Crippen molar-refractivity contribution < 1.29 is 24.2 Å². The van der Waals surface area contributed by atoms with Crippen LogP contribution in [-0.4, -0.2) is 71.4 Å². The molecule has 2 aliphatic rings. The van der Waals surface area contributed by atoms with E-state index in [1.807, 2.05) is 0 Å². The largest absolute Gasteiger partial charge is 0.495 e. The number of carbonyl (C=O) groups excluding carboxylic acids is 2. The summed E-state index contributed by atoms with van der Waals surface area (Å²) in [6, 6.07) is 0.550. The van der Waals surface area contributed by atoms with Gasteiger partial charge in [0.1, 0.15) is 27.4 Å². The molecule has 11 nitrogen and oxygen atoms in total. The van der Waals surface area contributed by atoms with Gasteiger partial charge in [-0.15, -0.1) is 0 Å². The fourth-order valence-electron chi connectivity index (χ4n) is 4.17. The van der Waals surface area contributed by atoms with Gasteiger partial charge in [0.2, 0.25) is 11.9 Å². The Morgan fingerprint density at radius 2 is 2.03 bits per heavy atom. The number of aliphatic hydroxyl groups is 1. The number of urea groups is 1. The maximum Gasteiger partial charge on any atom is 0.327 e. The minimum Gasteiger partial charge on any atom is -0.495 e. The van der Waals surface area contributed by atoms with E-state index in [0.717, 1.165) is 0 Å². The highest BCUT2D eigenvalue weighted by Crippen LogP contribution is 2.47. The highest BCUT2D eigenvalue weighted by molar-refractivity contribution is 6.42. The number of nitrogens with one attached hydrogen (secondary N) is 2. The van der Waals surface area contributed by atoms with E-state index < -0.39 is 6.03 Å². The highest BCUT2D eigenvalue weighted by Gasteiger charge is 2.35. The van der Waals surface area contributed by atoms with Crippen molar-refractivity contribution in [3.63, 3.8) is 0 Å². The van der Waals surface area contributed by atoms with E-state index in [9.17, 15) is 14.7 Å². The van der Waals surface area contributed by atoms with Crippen molar-refractivity contribution in [1.29, 1.82) is 0 Å². The number of likely N-dealkylation sites (tertiary alicyclic amines) is 1. The molecule has 1 saturated heterocycles. The number of nitrogens with zero attached hydrogens (tertiary/aromatic N) is 4. The van der Waals surface area contributed by atoms with Crippen LogP contribution in [0.25, 0.3) is 0 Å². The molecule has 0 radical (unpaired) electrons. The Labute approximate surface area is 211 Å². The van der Waals surface area contributed by atoms with E-state index in [4.69, 9.17) is 32.7 Å². The molecule has 0 bridgehead atoms. The molecular weight excluding hydrogens is 499 g/mol. The van der Waals surface area contributed by atoms with Crippen molar-refractivity contribution in [2.45, 2.75) is 25.0 Å². The maximum absolute atomic E-state index is 13.0. The smallest absolute Gasteiger partial charge is 0.327 e. The molecule has 3 N–H and O–H groups in total. The third kappa shape index (κ3) is 4.66. The number of benzene rings is 1. The molecule has 2 aliphatic heterocycles. The number of methoxy groups -OCH3 is 2. The second kappa shape index (κ2) is 10.1. The van der Waals surface area contributed by atoms with Crippen molar-refractivity contribution in [2.75, 3.05) is 42.9 Å². The van der Waals surface area contributed by atoms with Gasteiger partial charge in [0, 0.05) is 30.4 Å². The van der Waals surface area contributed by atoms with Gasteiger partial charge in [-0.25, -0.2) is 9.78 Å². The van der Waals surface area contributed by atoms with Crippen molar-refractivity contribution in [2.24, 2.45) is 0 Å². The zero-order valence-corrected chi connectivity index (χ0v) is 20.6. The number of ether oxygens (including phenoxy) is 2. The van der Waals surface area contributed by atoms with Crippen molar-refractivity contribution in [1.82, 2.24) is 14.9 Å². The van der Waals surface area contributed by atoms with Gasteiger partial charge in [-0.05, 0) is 12.5 Å². The van der Waals surface area contributed by atoms with Crippen molar-refractivity contribution in [3.8, 4) is 11.5 Å². The van der Waals surface area contributed by atoms with Crippen LogP contribution in [0.1, 0.15) is 12.0 Å². The van der Waals surface area contributed by atoms with Gasteiger partial charge in [-0.2, -0.15) is 4.98 Å². The zero-order valence-electron chi connectivity index (χ0n) is 19.0. The quantitative estimate of drug-likeness (QED) is 0.473. The summed E-state index contributed by atoms with van der Waals surface area (Å²) < 4.78 is 10.6. The van der Waals surface area contributed by atoms with Crippen LogP contribution >= 0.6 is 23.2 Å². The summed E-state index contributed by atoms with van der Waals surface area (Å²) in [7, 11) is 2.90. The van der Waals surface area contributed by atoms with Crippen LogP contribution < -0.4 is 25.0 Å². The molecule has 2 aromatic rings. The topological polar surface area (TPSA) is 129 Å². The molecule has 1 aromatic carbocycles. The molecule has 186 valence electrons. The summed E-state index contributed by atoms with van der Waals surface area (Å²) in [5, 5.41) is 15.8. The Hall–Kier alpha value is -3.28. The minimum atomic E-state index is -0.495. The number of carbonyl (C=O) groups is 2. The standard InChI is InChI=1S/C22H24Cl2N6O5/c1-4-16(32)29-9-12(5-13(29)10-31)26-21-25-7-11-8-30(22(33)28-20(11)27-21)19-17(23)14(34-2)6-15(35-3)18(19)24/h4,6-7,12-13,31H,1,5,8-10H2,2-3H3,(H2,25,26,27,28,33)/t12-,13-/m0/s1. The Bertz CT molecular complexity index is 1150. The van der Waals surface area contributed by atoms with Gasteiger partial charge in [0.25, 0.3) is 0 Å². The van der Waals surface area contributed by atoms with Crippen LogP contribution in [0, 0.1) is 0 Å². The van der Waals surface area contributed by atoms with E-state index in [1.165, 1.54) is 25.2 Å². The maximum atomic E-state index is 13.0. The second-order valence-electron chi connectivity index (χ2n) is 7.95. The molecule has 13 heteroatoms. The average Bonchev–Trinajstić information content (AvgIpc) is 3.27. The number of aromatic nitrogens is 2.